The predicted octanol–water partition coefficient (Wildman–Crippen LogP) is 3.79. The molecule has 0 unspecified atom stereocenters. The van der Waals surface area contributed by atoms with Crippen LogP contribution in [0.25, 0.3) is 0 Å². The van der Waals surface area contributed by atoms with E-state index in [9.17, 15) is 4.79 Å². The van der Waals surface area contributed by atoms with Gasteiger partial charge in [0.15, 0.2) is 17.3 Å². The first kappa shape index (κ1) is 19.7. The fraction of sp³-hybridized carbons (Fsp3) is 0.174. The van der Waals surface area contributed by atoms with Crippen molar-refractivity contribution in [1.29, 1.82) is 0 Å². The molecule has 3 heterocycles. The van der Waals surface area contributed by atoms with Crippen molar-refractivity contribution in [3.63, 3.8) is 0 Å². The Hall–Kier alpha value is -4.27. The summed E-state index contributed by atoms with van der Waals surface area (Å²) in [5.74, 6) is 2.35. The number of aromatic nitrogens is 3. The van der Waals surface area contributed by atoms with Crippen molar-refractivity contribution in [2.24, 2.45) is 0 Å². The van der Waals surface area contributed by atoms with E-state index < -0.39 is 5.91 Å². The van der Waals surface area contributed by atoms with Crippen molar-refractivity contribution in [3.8, 4) is 17.2 Å². The lowest BCUT2D eigenvalue weighted by Gasteiger charge is -2.05. The topological polar surface area (TPSA) is 101 Å². The molecule has 0 bridgehead atoms. The van der Waals surface area contributed by atoms with E-state index in [-0.39, 0.29) is 25.1 Å². The Morgan fingerprint density at radius 2 is 1.94 bits per heavy atom. The van der Waals surface area contributed by atoms with Gasteiger partial charge in [-0.05, 0) is 36.8 Å². The number of furan rings is 1. The number of anilines is 1. The Balaban J connectivity index is 1.16. The van der Waals surface area contributed by atoms with Gasteiger partial charge in [0.1, 0.15) is 24.4 Å². The van der Waals surface area contributed by atoms with Gasteiger partial charge < -0.3 is 18.6 Å². The molecule has 9 nitrogen and oxygen atoms in total. The highest BCUT2D eigenvalue weighted by Gasteiger charge is 2.16. The van der Waals surface area contributed by atoms with Gasteiger partial charge in [0.2, 0.25) is 12.7 Å². The summed E-state index contributed by atoms with van der Waals surface area (Å²) in [7, 11) is 0. The molecule has 1 N–H and O–H groups in total. The molecule has 1 aliphatic rings. The molecule has 2 aromatic heterocycles. The number of carbonyl (C=O) groups excluding carboxylic acids is 1. The zero-order valence-electron chi connectivity index (χ0n) is 17.3. The normalized spacial score (nSPS) is 12.0. The van der Waals surface area contributed by atoms with Crippen LogP contribution in [0, 0.1) is 6.92 Å². The summed E-state index contributed by atoms with van der Waals surface area (Å²) in [4.78, 5) is 16.6. The molecule has 5 rings (SSSR count). The highest BCUT2D eigenvalue weighted by molar-refractivity contribution is 6.01. The number of nitrogens with zero attached hydrogens (tertiary/aromatic N) is 3. The maximum Gasteiger partial charge on any atom is 0.293 e. The third kappa shape index (κ3) is 4.41. The van der Waals surface area contributed by atoms with Crippen LogP contribution in [0.3, 0.4) is 0 Å². The number of hydrogen-bond donors (Lipinski definition) is 1. The molecule has 1 amide bonds. The van der Waals surface area contributed by atoms with Crippen molar-refractivity contribution in [1.82, 2.24) is 14.8 Å². The van der Waals surface area contributed by atoms with Crippen molar-refractivity contribution >= 4 is 11.9 Å². The number of benzene rings is 2. The molecule has 0 saturated heterocycles. The average molecular weight is 432 g/mol. The number of fused-ring (bicyclic) bond motifs is 1. The third-order valence-electron chi connectivity index (χ3n) is 4.84. The van der Waals surface area contributed by atoms with Crippen LogP contribution in [0.2, 0.25) is 0 Å². The zero-order valence-corrected chi connectivity index (χ0v) is 17.3. The van der Waals surface area contributed by atoms with Crippen LogP contribution >= 0.6 is 0 Å². The fourth-order valence-corrected chi connectivity index (χ4v) is 3.17. The first-order valence-corrected chi connectivity index (χ1v) is 10.00. The quantitative estimate of drug-likeness (QED) is 0.474. The van der Waals surface area contributed by atoms with Crippen molar-refractivity contribution in [2.75, 3.05) is 12.1 Å². The van der Waals surface area contributed by atoms with Crippen LogP contribution in [0.1, 0.15) is 27.4 Å². The van der Waals surface area contributed by atoms with Gasteiger partial charge >= 0.3 is 0 Å². The maximum absolute atomic E-state index is 12.5. The molecule has 0 aliphatic carbocycles. The van der Waals surface area contributed by atoms with E-state index in [2.05, 4.69) is 15.4 Å². The van der Waals surface area contributed by atoms with Gasteiger partial charge in [0.25, 0.3) is 5.91 Å². The number of carbonyl (C=O) groups is 1. The molecule has 4 aromatic rings. The summed E-state index contributed by atoms with van der Waals surface area (Å²) in [6.45, 7) is 2.96. The van der Waals surface area contributed by atoms with Gasteiger partial charge in [-0.15, -0.1) is 5.10 Å². The van der Waals surface area contributed by atoms with Gasteiger partial charge in [0, 0.05) is 6.07 Å². The number of hydrogen-bond acceptors (Lipinski definition) is 7. The third-order valence-corrected chi connectivity index (χ3v) is 4.84. The second-order valence-electron chi connectivity index (χ2n) is 7.28. The van der Waals surface area contributed by atoms with E-state index in [1.54, 1.807) is 41.3 Å². The Kier molecular flexibility index (Phi) is 5.20. The lowest BCUT2D eigenvalue weighted by Crippen LogP contribution is -2.12. The minimum absolute atomic E-state index is 0.143. The molecule has 32 heavy (non-hydrogen) atoms. The Labute approximate surface area is 183 Å². The van der Waals surface area contributed by atoms with Crippen LogP contribution in [-0.4, -0.2) is 27.5 Å². The summed E-state index contributed by atoms with van der Waals surface area (Å²) in [6.07, 6.45) is 1.57. The molecule has 9 heteroatoms. The fourth-order valence-electron chi connectivity index (χ4n) is 3.17. The van der Waals surface area contributed by atoms with E-state index in [0.717, 1.165) is 5.56 Å². The van der Waals surface area contributed by atoms with Crippen LogP contribution in [-0.2, 0) is 13.2 Å². The average Bonchev–Trinajstić information content (AvgIpc) is 3.54. The summed E-state index contributed by atoms with van der Waals surface area (Å²) in [5.41, 5.74) is 2.29. The largest absolute Gasteiger partial charge is 0.486 e. The molecular formula is C23H20N4O5. The Morgan fingerprint density at radius 3 is 2.81 bits per heavy atom. The van der Waals surface area contributed by atoms with E-state index in [1.165, 1.54) is 5.56 Å². The first-order valence-electron chi connectivity index (χ1n) is 10.00. The van der Waals surface area contributed by atoms with Crippen LogP contribution in [0.4, 0.5) is 5.95 Å². The Bertz CT molecular complexity index is 1250. The second-order valence-corrected chi connectivity index (χ2v) is 7.28. The molecular weight excluding hydrogens is 412 g/mol. The minimum Gasteiger partial charge on any atom is -0.486 e. The monoisotopic (exact) mass is 432 g/mol. The van der Waals surface area contributed by atoms with Gasteiger partial charge in [0.05, 0.1) is 6.54 Å². The van der Waals surface area contributed by atoms with E-state index in [1.807, 2.05) is 31.2 Å². The molecule has 0 atom stereocenters. The predicted molar refractivity (Wildman–Crippen MR) is 114 cm³/mol. The lowest BCUT2D eigenvalue weighted by molar-refractivity contribution is 0.0991. The number of aryl methyl sites for hydroxylation is 1. The number of ether oxygens (including phenoxy) is 3. The lowest BCUT2D eigenvalue weighted by atomic mass is 10.1. The molecule has 0 radical (unpaired) electrons. The van der Waals surface area contributed by atoms with Crippen molar-refractivity contribution in [2.45, 2.75) is 20.1 Å². The zero-order chi connectivity index (χ0) is 21.9. The number of rotatable bonds is 7. The summed E-state index contributed by atoms with van der Waals surface area (Å²) in [6, 6.07) is 16.7. The molecule has 1 aliphatic heterocycles. The number of nitrogens with one attached hydrogen (secondary N) is 1. The van der Waals surface area contributed by atoms with E-state index >= 15 is 0 Å². The number of amides is 1. The van der Waals surface area contributed by atoms with Crippen LogP contribution in [0.15, 0.2) is 65.3 Å². The van der Waals surface area contributed by atoms with Crippen LogP contribution in [0.5, 0.6) is 17.2 Å². The summed E-state index contributed by atoms with van der Waals surface area (Å²) < 4.78 is 23.6. The highest BCUT2D eigenvalue weighted by Crippen LogP contribution is 2.35. The minimum atomic E-state index is -0.438. The van der Waals surface area contributed by atoms with E-state index in [4.69, 9.17) is 18.6 Å². The van der Waals surface area contributed by atoms with Gasteiger partial charge in [-0.3, -0.25) is 10.1 Å². The molecule has 162 valence electrons. The maximum atomic E-state index is 12.5. The van der Waals surface area contributed by atoms with Gasteiger partial charge in [-0.1, -0.05) is 29.8 Å². The highest BCUT2D eigenvalue weighted by atomic mass is 16.7. The first-order chi connectivity index (χ1) is 15.6. The SMILES string of the molecule is Cc1ccc(Cn2cnc(NC(=O)c3ccc(COc4ccc5c(c4)OCO5)o3)n2)cc1. The molecule has 0 fully saturated rings. The molecule has 2 aromatic carbocycles. The standard InChI is InChI=1S/C23H20N4O5/c1-15-2-4-16(5-3-15)11-27-13-24-23(26-27)25-22(28)20-9-7-18(32-20)12-29-17-6-8-19-21(10-17)31-14-30-19/h2-10,13H,11-12,14H2,1H3,(H,25,26,28). The van der Waals surface area contributed by atoms with Gasteiger partial charge in [-0.25, -0.2) is 9.67 Å². The van der Waals surface area contributed by atoms with Crippen molar-refractivity contribution in [3.05, 3.63) is 83.6 Å². The van der Waals surface area contributed by atoms with Crippen LogP contribution < -0.4 is 19.5 Å². The molecule has 0 spiro atoms. The van der Waals surface area contributed by atoms with Crippen molar-refractivity contribution < 1.29 is 23.4 Å². The van der Waals surface area contributed by atoms with E-state index in [0.29, 0.717) is 29.6 Å². The smallest absolute Gasteiger partial charge is 0.293 e. The summed E-state index contributed by atoms with van der Waals surface area (Å²) >= 11 is 0. The van der Waals surface area contributed by atoms with Gasteiger partial charge in [-0.2, -0.15) is 0 Å². The second kappa shape index (κ2) is 8.46. The summed E-state index contributed by atoms with van der Waals surface area (Å²) in [5, 5.41) is 6.93. The molecule has 0 saturated carbocycles. The Morgan fingerprint density at radius 1 is 1.09 bits per heavy atom.